The molecule has 0 unspecified atom stereocenters. The van der Waals surface area contributed by atoms with Crippen LogP contribution in [0.1, 0.15) is 26.3 Å². The van der Waals surface area contributed by atoms with E-state index in [1.807, 2.05) is 0 Å². The molecule has 0 atom stereocenters. The fraction of sp³-hybridized carbons (Fsp3) is 0.0625. The van der Waals surface area contributed by atoms with E-state index >= 15 is 0 Å². The molecule has 3 N–H and O–H groups in total. The van der Waals surface area contributed by atoms with Gasteiger partial charge in [0.1, 0.15) is 28.0 Å². The van der Waals surface area contributed by atoms with Crippen LogP contribution in [0.2, 0.25) is 0 Å². The van der Waals surface area contributed by atoms with E-state index in [4.69, 9.17) is 0 Å². The summed E-state index contributed by atoms with van der Waals surface area (Å²) in [6.45, 7) is -0.104. The third-order valence-corrected chi connectivity index (χ3v) is 4.00. The molecular weight excluding hydrogens is 317 g/mol. The number of carbonyl (C=O) groups is 2. The summed E-state index contributed by atoms with van der Waals surface area (Å²) in [6.07, 6.45) is 1.24. The molecule has 1 aromatic heterocycles. The Morgan fingerprint density at radius 2 is 1.67 bits per heavy atom. The molecule has 120 valence electrons. The number of amides is 2. The molecule has 2 heterocycles. The van der Waals surface area contributed by atoms with Crippen LogP contribution in [0, 0.1) is 5.82 Å². The molecule has 0 radical (unpaired) electrons. The number of aromatic amines is 1. The van der Waals surface area contributed by atoms with E-state index in [2.05, 4.69) is 9.97 Å². The molecule has 3 aromatic rings. The van der Waals surface area contributed by atoms with Gasteiger partial charge in [0.05, 0.1) is 12.9 Å². The van der Waals surface area contributed by atoms with Crippen LogP contribution in [-0.4, -0.2) is 36.9 Å². The van der Waals surface area contributed by atoms with Gasteiger partial charge in [-0.05, 0) is 17.7 Å². The highest BCUT2D eigenvalue weighted by Gasteiger charge is 2.42. The van der Waals surface area contributed by atoms with E-state index in [0.717, 1.165) is 4.90 Å². The number of halogens is 1. The number of imidazole rings is 1. The van der Waals surface area contributed by atoms with Crippen LogP contribution in [0.4, 0.5) is 4.39 Å². The first-order chi connectivity index (χ1) is 11.5. The molecule has 0 aliphatic carbocycles. The average molecular weight is 327 g/mol. The number of phenolic OH excluding ortho intramolecular Hbond substituents is 2. The standard InChI is InChI=1S/C16H10FN3O4/c17-8-3-1-7(2-4-8)5-20-15(23)9-10(16(20)24)14(22)12-11(13(9)21)18-6-19-12/h1-4,6,21-22H,5H2,(H,18,19). The Morgan fingerprint density at radius 1 is 1.04 bits per heavy atom. The van der Waals surface area contributed by atoms with Gasteiger partial charge in [0.2, 0.25) is 0 Å². The Morgan fingerprint density at radius 3 is 2.33 bits per heavy atom. The van der Waals surface area contributed by atoms with Gasteiger partial charge in [-0.3, -0.25) is 14.5 Å². The number of aromatic nitrogens is 2. The van der Waals surface area contributed by atoms with E-state index in [-0.39, 0.29) is 28.7 Å². The monoisotopic (exact) mass is 327 g/mol. The normalized spacial score (nSPS) is 13.8. The van der Waals surface area contributed by atoms with Crippen LogP contribution in [0.3, 0.4) is 0 Å². The van der Waals surface area contributed by atoms with E-state index < -0.39 is 29.1 Å². The molecule has 8 heteroatoms. The number of rotatable bonds is 2. The van der Waals surface area contributed by atoms with Gasteiger partial charge in [-0.1, -0.05) is 12.1 Å². The van der Waals surface area contributed by atoms with Crippen molar-refractivity contribution < 1.29 is 24.2 Å². The zero-order valence-electron chi connectivity index (χ0n) is 12.1. The summed E-state index contributed by atoms with van der Waals surface area (Å²) in [5.41, 5.74) is 0.0798. The van der Waals surface area contributed by atoms with Crippen molar-refractivity contribution >= 4 is 22.8 Å². The zero-order chi connectivity index (χ0) is 17.0. The summed E-state index contributed by atoms with van der Waals surface area (Å²) >= 11 is 0. The van der Waals surface area contributed by atoms with Gasteiger partial charge in [0.15, 0.2) is 11.5 Å². The number of hydrogen-bond donors (Lipinski definition) is 3. The summed E-state index contributed by atoms with van der Waals surface area (Å²) in [7, 11) is 0. The Labute approximate surface area is 134 Å². The molecular formula is C16H10FN3O4. The Hall–Kier alpha value is -3.42. The van der Waals surface area contributed by atoms with Crippen LogP contribution in [-0.2, 0) is 6.54 Å². The number of fused-ring (bicyclic) bond motifs is 2. The molecule has 0 spiro atoms. The molecule has 1 aliphatic heterocycles. The maximum atomic E-state index is 13.0. The van der Waals surface area contributed by atoms with Crippen LogP contribution in [0.5, 0.6) is 11.5 Å². The lowest BCUT2D eigenvalue weighted by molar-refractivity contribution is 0.0641. The number of benzene rings is 2. The number of nitrogens with zero attached hydrogens (tertiary/aromatic N) is 2. The lowest BCUT2D eigenvalue weighted by atomic mass is 10.1. The summed E-state index contributed by atoms with van der Waals surface area (Å²) in [5, 5.41) is 20.5. The summed E-state index contributed by atoms with van der Waals surface area (Å²) < 4.78 is 13.0. The minimum absolute atomic E-state index is 0.0102. The number of carbonyl (C=O) groups excluding carboxylic acids is 2. The van der Waals surface area contributed by atoms with Crippen LogP contribution < -0.4 is 0 Å². The lowest BCUT2D eigenvalue weighted by Crippen LogP contribution is -2.29. The van der Waals surface area contributed by atoms with Gasteiger partial charge in [-0.25, -0.2) is 9.37 Å². The highest BCUT2D eigenvalue weighted by molar-refractivity contribution is 6.26. The predicted octanol–water partition coefficient (Wildman–Crippen LogP) is 1.91. The van der Waals surface area contributed by atoms with Gasteiger partial charge in [-0.2, -0.15) is 0 Å². The largest absolute Gasteiger partial charge is 0.505 e. The van der Waals surface area contributed by atoms with Crippen molar-refractivity contribution in [2.45, 2.75) is 6.54 Å². The van der Waals surface area contributed by atoms with Crippen molar-refractivity contribution in [3.63, 3.8) is 0 Å². The molecule has 2 aromatic carbocycles. The molecule has 0 saturated carbocycles. The van der Waals surface area contributed by atoms with Gasteiger partial charge in [0, 0.05) is 0 Å². The number of H-pyrrole nitrogens is 1. The fourth-order valence-electron chi connectivity index (χ4n) is 2.83. The van der Waals surface area contributed by atoms with Crippen molar-refractivity contribution in [1.82, 2.24) is 14.9 Å². The first kappa shape index (κ1) is 14.2. The van der Waals surface area contributed by atoms with Crippen molar-refractivity contribution in [3.05, 3.63) is 53.1 Å². The number of hydrogen-bond acceptors (Lipinski definition) is 5. The van der Waals surface area contributed by atoms with Crippen LogP contribution >= 0.6 is 0 Å². The number of imide groups is 1. The molecule has 2 amide bonds. The topological polar surface area (TPSA) is 107 Å². The van der Waals surface area contributed by atoms with Crippen LogP contribution in [0.15, 0.2) is 30.6 Å². The summed E-state index contributed by atoms with van der Waals surface area (Å²) in [4.78, 5) is 32.4. The molecule has 0 fully saturated rings. The van der Waals surface area contributed by atoms with Crippen molar-refractivity contribution in [1.29, 1.82) is 0 Å². The molecule has 7 nitrogen and oxygen atoms in total. The maximum absolute atomic E-state index is 13.0. The van der Waals surface area contributed by atoms with E-state index in [1.54, 1.807) is 0 Å². The Balaban J connectivity index is 1.82. The first-order valence-corrected chi connectivity index (χ1v) is 7.00. The molecule has 0 saturated heterocycles. The smallest absolute Gasteiger partial charge is 0.265 e. The van der Waals surface area contributed by atoms with Crippen molar-refractivity contribution in [2.24, 2.45) is 0 Å². The molecule has 24 heavy (non-hydrogen) atoms. The zero-order valence-corrected chi connectivity index (χ0v) is 12.1. The fourth-order valence-corrected chi connectivity index (χ4v) is 2.83. The molecule has 0 bridgehead atoms. The first-order valence-electron chi connectivity index (χ1n) is 7.00. The molecule has 4 rings (SSSR count). The van der Waals surface area contributed by atoms with Crippen molar-refractivity contribution in [3.8, 4) is 11.5 Å². The minimum atomic E-state index is -0.739. The SMILES string of the molecule is O=C1c2c(c(O)c3[nH]cnc3c2O)C(=O)N1Cc1ccc(F)cc1. The second kappa shape index (κ2) is 4.79. The van der Waals surface area contributed by atoms with Crippen molar-refractivity contribution in [2.75, 3.05) is 0 Å². The maximum Gasteiger partial charge on any atom is 0.265 e. The Bertz CT molecular complexity index is 954. The van der Waals surface area contributed by atoms with Gasteiger partial charge in [-0.15, -0.1) is 0 Å². The number of aromatic hydroxyl groups is 2. The van der Waals surface area contributed by atoms with Crippen LogP contribution in [0.25, 0.3) is 11.0 Å². The lowest BCUT2D eigenvalue weighted by Gasteiger charge is -2.13. The average Bonchev–Trinajstić information content (AvgIpc) is 3.14. The van der Waals surface area contributed by atoms with E-state index in [9.17, 15) is 24.2 Å². The second-order valence-corrected chi connectivity index (χ2v) is 5.40. The minimum Gasteiger partial charge on any atom is -0.505 e. The van der Waals surface area contributed by atoms with Gasteiger partial charge in [0.25, 0.3) is 11.8 Å². The van der Waals surface area contributed by atoms with E-state index in [0.29, 0.717) is 5.56 Å². The van der Waals surface area contributed by atoms with Gasteiger partial charge >= 0.3 is 0 Å². The number of phenols is 2. The van der Waals surface area contributed by atoms with E-state index in [1.165, 1.54) is 30.6 Å². The highest BCUT2D eigenvalue weighted by atomic mass is 19.1. The third-order valence-electron chi connectivity index (χ3n) is 4.00. The third kappa shape index (κ3) is 1.79. The molecule has 1 aliphatic rings. The number of nitrogens with one attached hydrogen (secondary N) is 1. The highest BCUT2D eigenvalue weighted by Crippen LogP contribution is 2.42. The summed E-state index contributed by atoms with van der Waals surface area (Å²) in [6, 6.07) is 5.33. The Kier molecular flexibility index (Phi) is 2.83. The van der Waals surface area contributed by atoms with Gasteiger partial charge < -0.3 is 15.2 Å². The summed E-state index contributed by atoms with van der Waals surface area (Å²) in [5.74, 6) is -2.80. The predicted molar refractivity (Wildman–Crippen MR) is 80.0 cm³/mol. The second-order valence-electron chi connectivity index (χ2n) is 5.40. The quantitative estimate of drug-likeness (QED) is 0.492.